The number of nitrogens with zero attached hydrogens (tertiary/aromatic N) is 6. The highest BCUT2D eigenvalue weighted by atomic mass is 79.9. The normalized spacial score (nSPS) is 14.6. The van der Waals surface area contributed by atoms with E-state index in [9.17, 15) is 4.79 Å². The molecular formula is C27H31BrN8O2. The number of aromatic nitrogens is 4. The van der Waals surface area contributed by atoms with Crippen molar-refractivity contribution in [2.75, 3.05) is 54.9 Å². The molecule has 1 saturated heterocycles. The molecule has 0 bridgehead atoms. The van der Waals surface area contributed by atoms with E-state index in [0.29, 0.717) is 27.6 Å². The summed E-state index contributed by atoms with van der Waals surface area (Å²) in [5, 5.41) is 19.6. The van der Waals surface area contributed by atoms with Crippen LogP contribution in [0, 0.1) is 0 Å². The van der Waals surface area contributed by atoms with Crippen LogP contribution in [0.4, 0.5) is 28.8 Å². The Morgan fingerprint density at radius 1 is 1.16 bits per heavy atom. The SMILES string of the molecule is C=C/C=C\C(=C/C)n1nccc(Nc2nc(Nc3ccc(N4CCN(CCO)CC4)cc3)ncc2Br)c1=O. The third-order valence-corrected chi connectivity index (χ3v) is 6.64. The quantitative estimate of drug-likeness (QED) is 0.307. The van der Waals surface area contributed by atoms with Crippen molar-refractivity contribution in [2.24, 2.45) is 0 Å². The number of aliphatic hydroxyl groups is 1. The zero-order chi connectivity index (χ0) is 26.9. The third kappa shape index (κ3) is 6.74. The lowest BCUT2D eigenvalue weighted by Crippen LogP contribution is -2.47. The van der Waals surface area contributed by atoms with E-state index >= 15 is 0 Å². The zero-order valence-corrected chi connectivity index (χ0v) is 22.8. The minimum absolute atomic E-state index is 0.196. The molecule has 4 rings (SSSR count). The number of anilines is 5. The van der Waals surface area contributed by atoms with Gasteiger partial charge in [0.25, 0.3) is 5.56 Å². The molecule has 0 saturated carbocycles. The fraction of sp³-hybridized carbons (Fsp3) is 0.259. The Bertz CT molecular complexity index is 1360. The lowest BCUT2D eigenvalue weighted by Gasteiger charge is -2.35. The van der Waals surface area contributed by atoms with Gasteiger partial charge in [0.15, 0.2) is 5.82 Å². The molecule has 0 radical (unpaired) electrons. The van der Waals surface area contributed by atoms with Gasteiger partial charge in [-0.15, -0.1) is 0 Å². The van der Waals surface area contributed by atoms with E-state index < -0.39 is 0 Å². The minimum Gasteiger partial charge on any atom is -0.395 e. The summed E-state index contributed by atoms with van der Waals surface area (Å²) in [7, 11) is 0. The number of nitrogens with one attached hydrogen (secondary N) is 2. The largest absolute Gasteiger partial charge is 0.395 e. The van der Waals surface area contributed by atoms with Crippen LogP contribution in [0.5, 0.6) is 0 Å². The second kappa shape index (κ2) is 13.1. The fourth-order valence-electron chi connectivity index (χ4n) is 4.05. The highest BCUT2D eigenvalue weighted by molar-refractivity contribution is 9.10. The smallest absolute Gasteiger partial charge is 0.295 e. The molecule has 0 spiro atoms. The number of piperazine rings is 1. The first-order chi connectivity index (χ1) is 18.5. The van der Waals surface area contributed by atoms with Crippen molar-refractivity contribution in [1.29, 1.82) is 0 Å². The number of hydrogen-bond donors (Lipinski definition) is 3. The van der Waals surface area contributed by atoms with Gasteiger partial charge in [0.1, 0.15) is 5.69 Å². The first-order valence-corrected chi connectivity index (χ1v) is 13.1. The van der Waals surface area contributed by atoms with Gasteiger partial charge in [-0.3, -0.25) is 9.69 Å². The molecule has 3 N–H and O–H groups in total. The number of β-amino-alcohol motifs (C(OH)–C–C–N with tert-alkyl or cyclic N) is 1. The third-order valence-electron chi connectivity index (χ3n) is 6.06. The van der Waals surface area contributed by atoms with Gasteiger partial charge in [-0.2, -0.15) is 14.8 Å². The lowest BCUT2D eigenvalue weighted by atomic mass is 10.2. The van der Waals surface area contributed by atoms with E-state index in [0.717, 1.165) is 44.1 Å². The van der Waals surface area contributed by atoms with Crippen molar-refractivity contribution in [1.82, 2.24) is 24.6 Å². The van der Waals surface area contributed by atoms with E-state index in [1.54, 1.807) is 42.8 Å². The molecule has 2 aromatic heterocycles. The Morgan fingerprint density at radius 2 is 1.92 bits per heavy atom. The van der Waals surface area contributed by atoms with Crippen LogP contribution >= 0.6 is 15.9 Å². The molecule has 1 fully saturated rings. The topological polar surface area (TPSA) is 111 Å². The molecule has 1 aromatic carbocycles. The summed E-state index contributed by atoms with van der Waals surface area (Å²) < 4.78 is 1.92. The maximum absolute atomic E-state index is 13.1. The van der Waals surface area contributed by atoms with Gasteiger partial charge in [-0.25, -0.2) is 4.98 Å². The number of aliphatic hydroxyl groups excluding tert-OH is 1. The van der Waals surface area contributed by atoms with Gasteiger partial charge in [0, 0.05) is 50.3 Å². The summed E-state index contributed by atoms with van der Waals surface area (Å²) in [6, 6.07) is 9.73. The highest BCUT2D eigenvalue weighted by Crippen LogP contribution is 2.25. The summed E-state index contributed by atoms with van der Waals surface area (Å²) >= 11 is 3.46. The van der Waals surface area contributed by atoms with Gasteiger partial charge in [0.05, 0.1) is 23.0 Å². The Hall–Kier alpha value is -3.80. The summed E-state index contributed by atoms with van der Waals surface area (Å²) in [6.07, 6.45) is 10.1. The Balaban J connectivity index is 1.46. The number of allylic oxidation sites excluding steroid dienone is 5. The van der Waals surface area contributed by atoms with Gasteiger partial charge in [0.2, 0.25) is 5.95 Å². The molecule has 11 heteroatoms. The van der Waals surface area contributed by atoms with Crippen LogP contribution in [0.2, 0.25) is 0 Å². The molecule has 10 nitrogen and oxygen atoms in total. The predicted molar refractivity (Wildman–Crippen MR) is 156 cm³/mol. The van der Waals surface area contributed by atoms with Crippen LogP contribution in [-0.4, -0.2) is 69.1 Å². The second-order valence-electron chi connectivity index (χ2n) is 8.51. The average molecular weight is 580 g/mol. The first-order valence-electron chi connectivity index (χ1n) is 12.3. The molecule has 38 heavy (non-hydrogen) atoms. The van der Waals surface area contributed by atoms with E-state index in [2.05, 4.69) is 70.1 Å². The molecule has 1 aliphatic rings. The number of halogens is 1. The molecule has 0 unspecified atom stereocenters. The van der Waals surface area contributed by atoms with Crippen molar-refractivity contribution < 1.29 is 5.11 Å². The molecule has 3 heterocycles. The van der Waals surface area contributed by atoms with Crippen LogP contribution in [0.15, 0.2) is 82.9 Å². The van der Waals surface area contributed by atoms with Crippen LogP contribution < -0.4 is 21.1 Å². The Kier molecular flexibility index (Phi) is 9.41. The molecule has 0 amide bonds. The van der Waals surface area contributed by atoms with E-state index in [1.165, 1.54) is 4.68 Å². The number of rotatable bonds is 10. The standard InChI is InChI=1S/C27H31BrN8O2/c1-3-5-6-21(4-2)36-26(38)24(11-12-30-36)32-25-23(28)19-29-27(33-25)31-20-7-9-22(10-8-20)35-15-13-34(14-16-35)17-18-37/h3-12,19,37H,1,13-18H2,2H3,(H2,29,31,32,33)/b6-5-,21-4+. The van der Waals surface area contributed by atoms with Crippen molar-refractivity contribution >= 4 is 50.5 Å². The van der Waals surface area contributed by atoms with Crippen LogP contribution in [-0.2, 0) is 0 Å². The summed E-state index contributed by atoms with van der Waals surface area (Å²) in [6.45, 7) is 10.1. The van der Waals surface area contributed by atoms with E-state index in [4.69, 9.17) is 5.11 Å². The lowest BCUT2D eigenvalue weighted by molar-refractivity contribution is 0.189. The Morgan fingerprint density at radius 3 is 2.61 bits per heavy atom. The average Bonchev–Trinajstić information content (AvgIpc) is 2.94. The van der Waals surface area contributed by atoms with Gasteiger partial charge >= 0.3 is 0 Å². The Labute approximate surface area is 230 Å². The molecule has 1 aliphatic heterocycles. The van der Waals surface area contributed by atoms with Crippen LogP contribution in [0.25, 0.3) is 5.70 Å². The molecular weight excluding hydrogens is 548 g/mol. The van der Waals surface area contributed by atoms with Crippen molar-refractivity contribution in [2.45, 2.75) is 6.92 Å². The predicted octanol–water partition coefficient (Wildman–Crippen LogP) is 4.00. The van der Waals surface area contributed by atoms with Crippen molar-refractivity contribution in [3.05, 3.63) is 88.4 Å². The summed E-state index contributed by atoms with van der Waals surface area (Å²) in [4.78, 5) is 26.6. The monoisotopic (exact) mass is 578 g/mol. The maximum Gasteiger partial charge on any atom is 0.295 e. The summed E-state index contributed by atoms with van der Waals surface area (Å²) in [5.74, 6) is 0.830. The summed E-state index contributed by atoms with van der Waals surface area (Å²) in [5.41, 5.74) is 2.62. The highest BCUT2D eigenvalue weighted by Gasteiger charge is 2.17. The number of benzene rings is 1. The van der Waals surface area contributed by atoms with Crippen LogP contribution in [0.1, 0.15) is 6.92 Å². The molecule has 3 aromatic rings. The second-order valence-corrected chi connectivity index (χ2v) is 9.36. The molecule has 0 aliphatic carbocycles. The van der Waals surface area contributed by atoms with Gasteiger partial charge < -0.3 is 20.6 Å². The fourth-order valence-corrected chi connectivity index (χ4v) is 4.34. The van der Waals surface area contributed by atoms with Crippen LogP contribution in [0.3, 0.4) is 0 Å². The molecule has 198 valence electrons. The van der Waals surface area contributed by atoms with E-state index in [-0.39, 0.29) is 12.2 Å². The maximum atomic E-state index is 13.1. The van der Waals surface area contributed by atoms with E-state index in [1.807, 2.05) is 19.1 Å². The molecule has 0 atom stereocenters. The minimum atomic E-state index is -0.317. The van der Waals surface area contributed by atoms with Gasteiger partial charge in [-0.1, -0.05) is 24.8 Å². The van der Waals surface area contributed by atoms with Gasteiger partial charge in [-0.05, 0) is 59.3 Å². The zero-order valence-electron chi connectivity index (χ0n) is 21.2. The first kappa shape index (κ1) is 27.2. The van der Waals surface area contributed by atoms with Crippen molar-refractivity contribution in [3.8, 4) is 0 Å². The van der Waals surface area contributed by atoms with Crippen molar-refractivity contribution in [3.63, 3.8) is 0 Å². The number of hydrogen-bond acceptors (Lipinski definition) is 9.